The molecule has 0 atom stereocenters. The molecule has 0 spiro atoms. The third kappa shape index (κ3) is 3.53. The Balaban J connectivity index is 2.09. The normalized spacial score (nSPS) is 10.4. The van der Waals surface area contributed by atoms with Crippen molar-refractivity contribution in [2.45, 2.75) is 12.8 Å². The Hall–Kier alpha value is -2.50. The molecule has 0 aliphatic rings. The summed E-state index contributed by atoms with van der Waals surface area (Å²) in [4.78, 5) is 33.5. The van der Waals surface area contributed by atoms with Crippen LogP contribution in [0.4, 0.5) is 0 Å². The molecule has 0 saturated heterocycles. The molecule has 2 aromatic rings. The van der Waals surface area contributed by atoms with E-state index in [-0.39, 0.29) is 11.9 Å². The molecule has 1 heterocycles. The molecule has 0 radical (unpaired) electrons. The van der Waals surface area contributed by atoms with E-state index in [1.165, 1.54) is 7.11 Å². The standard InChI is InChI=1S/C15H17N3O3/c1-18(10-4-7-13(19)21-2)15(20)11-5-3-6-12-14(11)17-9-8-16-12/h3,5-6,8-9H,4,7,10H2,1-2H3. The van der Waals surface area contributed by atoms with Crippen LogP contribution in [-0.2, 0) is 9.53 Å². The molecule has 0 aliphatic heterocycles. The zero-order valence-corrected chi connectivity index (χ0v) is 12.1. The summed E-state index contributed by atoms with van der Waals surface area (Å²) in [5, 5.41) is 0. The van der Waals surface area contributed by atoms with Crippen LogP contribution in [0, 0.1) is 0 Å². The van der Waals surface area contributed by atoms with Crippen LogP contribution in [0.25, 0.3) is 11.0 Å². The quantitative estimate of drug-likeness (QED) is 0.782. The summed E-state index contributed by atoms with van der Waals surface area (Å²) in [5.41, 5.74) is 1.79. The highest BCUT2D eigenvalue weighted by Crippen LogP contribution is 2.15. The van der Waals surface area contributed by atoms with Crippen molar-refractivity contribution in [1.82, 2.24) is 14.9 Å². The van der Waals surface area contributed by atoms with Crippen LogP contribution in [-0.4, -0.2) is 47.4 Å². The Labute approximate surface area is 122 Å². The van der Waals surface area contributed by atoms with Gasteiger partial charge in [-0.3, -0.25) is 19.6 Å². The zero-order chi connectivity index (χ0) is 15.2. The van der Waals surface area contributed by atoms with Gasteiger partial charge < -0.3 is 9.64 Å². The monoisotopic (exact) mass is 287 g/mol. The van der Waals surface area contributed by atoms with Crippen molar-refractivity contribution in [3.63, 3.8) is 0 Å². The van der Waals surface area contributed by atoms with Gasteiger partial charge in [0.2, 0.25) is 0 Å². The average Bonchev–Trinajstić information content (AvgIpc) is 2.53. The number of carbonyl (C=O) groups excluding carboxylic acids is 2. The van der Waals surface area contributed by atoms with Gasteiger partial charge in [0.1, 0.15) is 5.52 Å². The zero-order valence-electron chi connectivity index (χ0n) is 12.1. The number of para-hydroxylation sites is 1. The molecule has 6 nitrogen and oxygen atoms in total. The van der Waals surface area contributed by atoms with Crippen LogP contribution >= 0.6 is 0 Å². The van der Waals surface area contributed by atoms with Crippen LogP contribution in [0.3, 0.4) is 0 Å². The number of nitrogens with zero attached hydrogens (tertiary/aromatic N) is 3. The Morgan fingerprint density at radius 2 is 2.00 bits per heavy atom. The lowest BCUT2D eigenvalue weighted by molar-refractivity contribution is -0.140. The largest absolute Gasteiger partial charge is 0.469 e. The molecule has 1 aromatic carbocycles. The molecule has 0 aliphatic carbocycles. The van der Waals surface area contributed by atoms with Gasteiger partial charge >= 0.3 is 5.97 Å². The molecule has 0 N–H and O–H groups in total. The summed E-state index contributed by atoms with van der Waals surface area (Å²) in [7, 11) is 3.06. The van der Waals surface area contributed by atoms with E-state index < -0.39 is 0 Å². The smallest absolute Gasteiger partial charge is 0.305 e. The molecule has 0 bridgehead atoms. The molecule has 21 heavy (non-hydrogen) atoms. The summed E-state index contributed by atoms with van der Waals surface area (Å²) < 4.78 is 4.57. The lowest BCUT2D eigenvalue weighted by atomic mass is 10.1. The number of ether oxygens (including phenoxy) is 1. The number of fused-ring (bicyclic) bond motifs is 1. The lowest BCUT2D eigenvalue weighted by Gasteiger charge is -2.17. The predicted molar refractivity (Wildman–Crippen MR) is 77.7 cm³/mol. The van der Waals surface area contributed by atoms with Crippen molar-refractivity contribution in [2.75, 3.05) is 20.7 Å². The Morgan fingerprint density at radius 3 is 2.76 bits per heavy atom. The molecular weight excluding hydrogens is 270 g/mol. The topological polar surface area (TPSA) is 72.4 Å². The summed E-state index contributed by atoms with van der Waals surface area (Å²) in [6.07, 6.45) is 4.02. The maximum absolute atomic E-state index is 12.4. The summed E-state index contributed by atoms with van der Waals surface area (Å²) in [6.45, 7) is 0.477. The van der Waals surface area contributed by atoms with E-state index in [0.29, 0.717) is 36.0 Å². The van der Waals surface area contributed by atoms with Crippen LogP contribution in [0.15, 0.2) is 30.6 Å². The number of carbonyl (C=O) groups is 2. The number of hydrogen-bond acceptors (Lipinski definition) is 5. The van der Waals surface area contributed by atoms with Gasteiger partial charge in [0.25, 0.3) is 5.91 Å². The first-order chi connectivity index (χ1) is 10.1. The first kappa shape index (κ1) is 14.9. The van der Waals surface area contributed by atoms with E-state index in [4.69, 9.17) is 0 Å². The molecule has 0 fully saturated rings. The highest BCUT2D eigenvalue weighted by atomic mass is 16.5. The Morgan fingerprint density at radius 1 is 1.24 bits per heavy atom. The number of benzene rings is 1. The molecule has 2 rings (SSSR count). The van der Waals surface area contributed by atoms with Gasteiger partial charge in [0.15, 0.2) is 0 Å². The van der Waals surface area contributed by atoms with Crippen LogP contribution in [0.5, 0.6) is 0 Å². The molecule has 6 heteroatoms. The van der Waals surface area contributed by atoms with E-state index in [0.717, 1.165) is 0 Å². The third-order valence-corrected chi connectivity index (χ3v) is 3.18. The van der Waals surface area contributed by atoms with Crippen LogP contribution < -0.4 is 0 Å². The first-order valence-electron chi connectivity index (χ1n) is 6.65. The minimum Gasteiger partial charge on any atom is -0.469 e. The molecule has 1 aromatic heterocycles. The van der Waals surface area contributed by atoms with Gasteiger partial charge in [-0.2, -0.15) is 0 Å². The maximum atomic E-state index is 12.4. The van der Waals surface area contributed by atoms with Gasteiger partial charge in [0, 0.05) is 32.4 Å². The second-order valence-electron chi connectivity index (χ2n) is 4.64. The molecule has 1 amide bonds. The number of esters is 1. The summed E-state index contributed by atoms with van der Waals surface area (Å²) in [6, 6.07) is 5.33. The van der Waals surface area contributed by atoms with E-state index in [2.05, 4.69) is 14.7 Å². The van der Waals surface area contributed by atoms with E-state index in [9.17, 15) is 9.59 Å². The number of hydrogen-bond donors (Lipinski definition) is 0. The van der Waals surface area contributed by atoms with Crippen molar-refractivity contribution >= 4 is 22.9 Å². The van der Waals surface area contributed by atoms with Gasteiger partial charge in [-0.25, -0.2) is 0 Å². The predicted octanol–water partition coefficient (Wildman–Crippen LogP) is 1.65. The first-order valence-corrected chi connectivity index (χ1v) is 6.65. The van der Waals surface area contributed by atoms with Crippen LogP contribution in [0.2, 0.25) is 0 Å². The molecule has 110 valence electrons. The number of aromatic nitrogens is 2. The van der Waals surface area contributed by atoms with Gasteiger partial charge in [-0.15, -0.1) is 0 Å². The van der Waals surface area contributed by atoms with Crippen molar-refractivity contribution in [3.05, 3.63) is 36.2 Å². The highest BCUT2D eigenvalue weighted by Gasteiger charge is 2.15. The number of rotatable bonds is 5. The van der Waals surface area contributed by atoms with Crippen molar-refractivity contribution in [1.29, 1.82) is 0 Å². The van der Waals surface area contributed by atoms with Crippen molar-refractivity contribution in [3.8, 4) is 0 Å². The molecular formula is C15H17N3O3. The van der Waals surface area contributed by atoms with E-state index in [1.807, 2.05) is 6.07 Å². The minimum absolute atomic E-state index is 0.133. The Kier molecular flexibility index (Phi) is 4.81. The van der Waals surface area contributed by atoms with Gasteiger partial charge in [0.05, 0.1) is 18.2 Å². The minimum atomic E-state index is -0.271. The second-order valence-corrected chi connectivity index (χ2v) is 4.64. The lowest BCUT2D eigenvalue weighted by Crippen LogP contribution is -2.28. The fraction of sp³-hybridized carbons (Fsp3) is 0.333. The third-order valence-electron chi connectivity index (χ3n) is 3.18. The maximum Gasteiger partial charge on any atom is 0.305 e. The second kappa shape index (κ2) is 6.78. The van der Waals surface area contributed by atoms with Gasteiger partial charge in [-0.1, -0.05) is 6.07 Å². The highest BCUT2D eigenvalue weighted by molar-refractivity contribution is 6.04. The molecule has 0 unspecified atom stereocenters. The summed E-state index contributed by atoms with van der Waals surface area (Å²) >= 11 is 0. The number of amides is 1. The fourth-order valence-corrected chi connectivity index (χ4v) is 2.04. The summed E-state index contributed by atoms with van der Waals surface area (Å²) in [5.74, 6) is -0.405. The fourth-order valence-electron chi connectivity index (χ4n) is 2.04. The van der Waals surface area contributed by atoms with E-state index in [1.54, 1.807) is 36.5 Å². The average molecular weight is 287 g/mol. The van der Waals surface area contributed by atoms with Crippen molar-refractivity contribution in [2.24, 2.45) is 0 Å². The van der Waals surface area contributed by atoms with Crippen molar-refractivity contribution < 1.29 is 14.3 Å². The Bertz CT molecular complexity index is 652. The van der Waals surface area contributed by atoms with Gasteiger partial charge in [-0.05, 0) is 18.6 Å². The van der Waals surface area contributed by atoms with Crippen LogP contribution in [0.1, 0.15) is 23.2 Å². The number of methoxy groups -OCH3 is 1. The van der Waals surface area contributed by atoms with E-state index >= 15 is 0 Å². The SMILES string of the molecule is COC(=O)CCCN(C)C(=O)c1cccc2nccnc12. The molecule has 0 saturated carbocycles.